The highest BCUT2D eigenvalue weighted by Crippen LogP contribution is 2.19. The Labute approximate surface area is 564 Å². The van der Waals surface area contributed by atoms with Crippen molar-refractivity contribution < 1.29 is 42.9 Å². The van der Waals surface area contributed by atoms with Crippen LogP contribution in [0.15, 0.2) is 72.9 Å². The summed E-state index contributed by atoms with van der Waals surface area (Å²) in [4.78, 5) is 37.6. The second kappa shape index (κ2) is 72.6. The summed E-state index contributed by atoms with van der Waals surface area (Å²) in [6, 6.07) is 0. The van der Waals surface area contributed by atoms with Gasteiger partial charge in [-0.2, -0.15) is 0 Å². The first kappa shape index (κ1) is 87.7. The lowest BCUT2D eigenvalue weighted by atomic mass is 10.0. The maximum absolute atomic E-state index is 13.0. The van der Waals surface area contributed by atoms with Gasteiger partial charge in [0.25, 0.3) is 0 Å². The van der Waals surface area contributed by atoms with E-state index in [0.29, 0.717) is 23.9 Å². The summed E-state index contributed by atoms with van der Waals surface area (Å²) in [5, 5.41) is 11.9. The number of quaternary nitrogens is 1. The molecular formula is C82H149NO8. The van der Waals surface area contributed by atoms with E-state index in [1.54, 1.807) is 0 Å². The van der Waals surface area contributed by atoms with Crippen LogP contribution < -0.4 is 5.11 Å². The number of rotatable bonds is 73. The van der Waals surface area contributed by atoms with Crippen LogP contribution in [0.1, 0.15) is 373 Å². The molecule has 0 aromatic rings. The van der Waals surface area contributed by atoms with Crippen LogP contribution in [-0.2, 0) is 33.3 Å². The van der Waals surface area contributed by atoms with Gasteiger partial charge in [-0.05, 0) is 83.5 Å². The molecule has 0 heterocycles. The number of allylic oxidation sites excluding steroid dienone is 12. The van der Waals surface area contributed by atoms with E-state index in [1.807, 2.05) is 21.1 Å². The number of nitrogens with zero attached hydrogens (tertiary/aromatic N) is 1. The molecular weight excluding hydrogens is 1130 g/mol. The lowest BCUT2D eigenvalue weighted by Crippen LogP contribution is -2.44. The Morgan fingerprint density at radius 3 is 0.945 bits per heavy atom. The van der Waals surface area contributed by atoms with E-state index >= 15 is 0 Å². The number of hydrogen-bond donors (Lipinski definition) is 0. The van der Waals surface area contributed by atoms with Crippen molar-refractivity contribution in [3.8, 4) is 0 Å². The van der Waals surface area contributed by atoms with Crippen LogP contribution in [0.5, 0.6) is 0 Å². The molecule has 0 aromatic heterocycles. The molecule has 9 nitrogen and oxygen atoms in total. The Morgan fingerprint density at radius 1 is 0.341 bits per heavy atom. The summed E-state index contributed by atoms with van der Waals surface area (Å²) in [7, 11) is 5.95. The third-order valence-electron chi connectivity index (χ3n) is 17.4. The Kier molecular flexibility index (Phi) is 69.9. The highest BCUT2D eigenvalue weighted by Gasteiger charge is 2.22. The number of carbonyl (C=O) groups excluding carboxylic acids is 3. The minimum absolute atomic E-state index is 0.149. The fourth-order valence-corrected chi connectivity index (χ4v) is 11.5. The highest BCUT2D eigenvalue weighted by atomic mass is 16.7. The van der Waals surface area contributed by atoms with Crippen LogP contribution in [0.3, 0.4) is 0 Å². The third-order valence-corrected chi connectivity index (χ3v) is 17.4. The summed E-state index contributed by atoms with van der Waals surface area (Å²) < 4.78 is 22.9. The smallest absolute Gasteiger partial charge is 0.306 e. The van der Waals surface area contributed by atoms with E-state index in [2.05, 4.69) is 86.8 Å². The molecule has 2 unspecified atom stereocenters. The second-order valence-electron chi connectivity index (χ2n) is 27.6. The first-order chi connectivity index (χ1) is 44.6. The molecule has 0 aliphatic carbocycles. The predicted molar refractivity (Wildman–Crippen MR) is 389 cm³/mol. The van der Waals surface area contributed by atoms with Crippen molar-refractivity contribution in [1.82, 2.24) is 0 Å². The minimum atomic E-state index is -1.62. The van der Waals surface area contributed by atoms with Gasteiger partial charge < -0.3 is 33.3 Å². The zero-order chi connectivity index (χ0) is 66.1. The maximum atomic E-state index is 13.0. The van der Waals surface area contributed by atoms with Crippen molar-refractivity contribution in [2.45, 2.75) is 386 Å². The number of carbonyl (C=O) groups is 3. The summed E-state index contributed by atoms with van der Waals surface area (Å²) in [6.45, 7) is 4.70. The van der Waals surface area contributed by atoms with Gasteiger partial charge in [0.2, 0.25) is 0 Å². The Hall–Kier alpha value is -3.27. The molecule has 0 aromatic carbocycles. The first-order valence-electron chi connectivity index (χ1n) is 39.1. The molecule has 2 atom stereocenters. The summed E-state index contributed by atoms with van der Waals surface area (Å²) in [5.74, 6) is -2.26. The molecule has 0 amide bonds. The largest absolute Gasteiger partial charge is 0.545 e. The number of aliphatic carboxylic acids is 1. The van der Waals surface area contributed by atoms with Crippen molar-refractivity contribution in [2.75, 3.05) is 47.5 Å². The van der Waals surface area contributed by atoms with Crippen LogP contribution in [0.2, 0.25) is 0 Å². The van der Waals surface area contributed by atoms with Crippen molar-refractivity contribution in [3.05, 3.63) is 72.9 Å². The van der Waals surface area contributed by atoms with Gasteiger partial charge >= 0.3 is 11.9 Å². The SMILES string of the molecule is CC/C=C\C/C=C\C/C=C\C/C=C\C/C=C\CCCCCCCCCCCCCCCCCCCCCCCCCC(=O)OC(COC(=O)CCCCCCCCCCCCCCCCC/C=C\CCCCCCCCCC)COC(OCC[N+](C)(C)C)C(=O)[O-]. The number of carboxylic acids is 1. The lowest BCUT2D eigenvalue weighted by molar-refractivity contribution is -0.870. The highest BCUT2D eigenvalue weighted by molar-refractivity contribution is 5.70. The maximum Gasteiger partial charge on any atom is 0.306 e. The number of carboxylic acid groups (broad SMARTS) is 1. The average molecular weight is 1280 g/mol. The van der Waals surface area contributed by atoms with E-state index < -0.39 is 24.3 Å². The van der Waals surface area contributed by atoms with E-state index in [9.17, 15) is 19.5 Å². The quantitative estimate of drug-likeness (QED) is 0.0195. The molecule has 0 N–H and O–H groups in total. The normalized spacial score (nSPS) is 13.0. The fraction of sp³-hybridized carbons (Fsp3) is 0.817. The molecule has 0 bridgehead atoms. The molecule has 0 radical (unpaired) electrons. The number of esters is 2. The molecule has 0 saturated carbocycles. The average Bonchev–Trinajstić information content (AvgIpc) is 3.46. The molecule has 0 aliphatic heterocycles. The molecule has 9 heteroatoms. The molecule has 0 fully saturated rings. The van der Waals surface area contributed by atoms with E-state index in [1.165, 1.54) is 276 Å². The molecule has 530 valence electrons. The topological polar surface area (TPSA) is 111 Å². The van der Waals surface area contributed by atoms with Crippen molar-refractivity contribution in [1.29, 1.82) is 0 Å². The van der Waals surface area contributed by atoms with Gasteiger partial charge in [-0.25, -0.2) is 0 Å². The van der Waals surface area contributed by atoms with E-state index in [4.69, 9.17) is 18.9 Å². The van der Waals surface area contributed by atoms with Gasteiger partial charge in [-0.3, -0.25) is 9.59 Å². The van der Waals surface area contributed by atoms with Gasteiger partial charge in [0.15, 0.2) is 12.4 Å². The zero-order valence-electron chi connectivity index (χ0n) is 60.7. The molecule has 0 saturated heterocycles. The van der Waals surface area contributed by atoms with Crippen LogP contribution >= 0.6 is 0 Å². The molecule has 0 spiro atoms. The van der Waals surface area contributed by atoms with Gasteiger partial charge in [-0.1, -0.05) is 350 Å². The van der Waals surface area contributed by atoms with Gasteiger partial charge in [0, 0.05) is 12.8 Å². The van der Waals surface area contributed by atoms with Crippen LogP contribution in [-0.4, -0.2) is 82.3 Å². The van der Waals surface area contributed by atoms with Gasteiger partial charge in [0.1, 0.15) is 13.2 Å². The van der Waals surface area contributed by atoms with Crippen LogP contribution in [0.4, 0.5) is 0 Å². The Balaban J connectivity index is 3.98. The van der Waals surface area contributed by atoms with Crippen molar-refractivity contribution in [2.24, 2.45) is 0 Å². The van der Waals surface area contributed by atoms with Gasteiger partial charge in [0.05, 0.1) is 40.3 Å². The molecule has 0 aliphatic rings. The minimum Gasteiger partial charge on any atom is -0.545 e. The Bertz CT molecular complexity index is 1730. The summed E-state index contributed by atoms with van der Waals surface area (Å²) in [6.07, 6.45) is 94.5. The fourth-order valence-electron chi connectivity index (χ4n) is 11.5. The lowest BCUT2D eigenvalue weighted by Gasteiger charge is -2.26. The van der Waals surface area contributed by atoms with Crippen LogP contribution in [0.25, 0.3) is 0 Å². The van der Waals surface area contributed by atoms with E-state index in [-0.39, 0.29) is 32.2 Å². The zero-order valence-corrected chi connectivity index (χ0v) is 60.7. The number of likely N-dealkylation sites (N-methyl/N-ethyl adjacent to an activating group) is 1. The standard InChI is InChI=1S/C82H149NO8/c1-6-8-10-12-14-16-18-20-22-24-26-28-30-32-34-35-36-37-38-39-40-41-42-43-44-45-47-49-51-53-55-57-59-61-63-65-67-69-71-73-80(85)91-78(77-90-82(81(86)87)88-75-74-83(3,4)5)76-89-79(84)72-70-68-66-64-62-60-58-56-54-52-50-48-46-33-31-29-27-25-23-21-19-17-15-13-11-9-7-2/h8,10,14,16,20,22,25-28,32,34,78,82H,6-7,9,11-13,15,17-19,21,23-24,29-31,33,35-77H2,1-5H3/b10-8-,16-14-,22-20-,27-25-,28-26-,34-32-. The van der Waals surface area contributed by atoms with Gasteiger partial charge in [-0.15, -0.1) is 0 Å². The number of ether oxygens (including phenoxy) is 4. The third kappa shape index (κ3) is 74.0. The summed E-state index contributed by atoms with van der Waals surface area (Å²) >= 11 is 0. The molecule has 91 heavy (non-hydrogen) atoms. The summed E-state index contributed by atoms with van der Waals surface area (Å²) in [5.41, 5.74) is 0. The van der Waals surface area contributed by atoms with Crippen LogP contribution in [0, 0.1) is 0 Å². The van der Waals surface area contributed by atoms with Crippen molar-refractivity contribution >= 4 is 17.9 Å². The Morgan fingerprint density at radius 2 is 0.626 bits per heavy atom. The predicted octanol–water partition coefficient (Wildman–Crippen LogP) is 23.5. The van der Waals surface area contributed by atoms with E-state index in [0.717, 1.165) is 64.2 Å². The number of hydrogen-bond acceptors (Lipinski definition) is 8. The molecule has 0 rings (SSSR count). The monoisotopic (exact) mass is 1280 g/mol. The van der Waals surface area contributed by atoms with Crippen molar-refractivity contribution in [3.63, 3.8) is 0 Å². The second-order valence-corrected chi connectivity index (χ2v) is 27.6. The number of unbranched alkanes of at least 4 members (excludes halogenated alkanes) is 46. The first-order valence-corrected chi connectivity index (χ1v) is 39.1.